The van der Waals surface area contributed by atoms with Crippen molar-refractivity contribution in [3.63, 3.8) is 0 Å². The molecule has 3 aromatic rings. The van der Waals surface area contributed by atoms with Gasteiger partial charge in [0.25, 0.3) is 5.19 Å². The van der Waals surface area contributed by atoms with Crippen molar-refractivity contribution in [3.05, 3.63) is 47.5 Å². The van der Waals surface area contributed by atoms with Crippen molar-refractivity contribution < 1.29 is 4.74 Å². The molecule has 0 amide bonds. The summed E-state index contributed by atoms with van der Waals surface area (Å²) in [6.07, 6.45) is 4.92. The van der Waals surface area contributed by atoms with Crippen LogP contribution in [0.1, 0.15) is 24.0 Å². The maximum atomic E-state index is 5.94. The first-order valence-electron chi connectivity index (χ1n) is 7.24. The summed E-state index contributed by atoms with van der Waals surface area (Å²) in [5, 5.41) is 0.673. The van der Waals surface area contributed by atoms with Gasteiger partial charge in [-0.25, -0.2) is 4.98 Å². The van der Waals surface area contributed by atoms with Crippen LogP contribution in [-0.2, 0) is 12.8 Å². The lowest BCUT2D eigenvalue weighted by Crippen LogP contribution is -2.02. The van der Waals surface area contributed by atoms with Crippen LogP contribution in [0.15, 0.2) is 36.4 Å². The Kier molecular flexibility index (Phi) is 3.04. The second-order valence-corrected chi connectivity index (χ2v) is 6.44. The van der Waals surface area contributed by atoms with Crippen molar-refractivity contribution in [2.24, 2.45) is 0 Å². The maximum absolute atomic E-state index is 5.94. The summed E-state index contributed by atoms with van der Waals surface area (Å²) in [7, 11) is 0. The molecule has 4 heteroatoms. The molecule has 1 heterocycles. The van der Waals surface area contributed by atoms with Gasteiger partial charge >= 0.3 is 0 Å². The van der Waals surface area contributed by atoms with E-state index in [4.69, 9.17) is 10.5 Å². The fourth-order valence-electron chi connectivity index (χ4n) is 2.84. The fourth-order valence-corrected chi connectivity index (χ4v) is 3.72. The smallest absolute Gasteiger partial charge is 0.279 e. The van der Waals surface area contributed by atoms with Gasteiger partial charge in [0.1, 0.15) is 5.75 Å². The predicted octanol–water partition coefficient (Wildman–Crippen LogP) is 4.55. The highest BCUT2D eigenvalue weighted by Crippen LogP contribution is 2.33. The number of benzene rings is 2. The van der Waals surface area contributed by atoms with Gasteiger partial charge in [0, 0.05) is 5.69 Å². The molecule has 0 aliphatic heterocycles. The van der Waals surface area contributed by atoms with E-state index in [0.29, 0.717) is 5.19 Å². The molecule has 0 radical (unpaired) electrons. The van der Waals surface area contributed by atoms with E-state index in [1.165, 1.54) is 41.7 Å². The highest BCUT2D eigenvalue weighted by Gasteiger charge is 2.11. The quantitative estimate of drug-likeness (QED) is 0.706. The summed E-state index contributed by atoms with van der Waals surface area (Å²) >= 11 is 1.53. The van der Waals surface area contributed by atoms with Crippen LogP contribution in [0.2, 0.25) is 0 Å². The van der Waals surface area contributed by atoms with Crippen LogP contribution in [-0.4, -0.2) is 4.98 Å². The summed E-state index contributed by atoms with van der Waals surface area (Å²) < 4.78 is 6.99. The summed E-state index contributed by atoms with van der Waals surface area (Å²) in [5.74, 6) is 0.877. The molecule has 3 nitrogen and oxygen atoms in total. The Hall–Kier alpha value is -2.07. The second-order valence-electron chi connectivity index (χ2n) is 5.45. The standard InChI is InChI=1S/C17H16N2OS/c18-13-6-8-15-16(10-13)21-17(19-15)20-14-7-5-11-3-1-2-4-12(11)9-14/h5-10H,1-4,18H2. The SMILES string of the molecule is Nc1ccc2nc(Oc3ccc4c(c3)CCCC4)sc2c1. The van der Waals surface area contributed by atoms with Crippen LogP contribution in [0, 0.1) is 0 Å². The Morgan fingerprint density at radius 2 is 1.86 bits per heavy atom. The third-order valence-corrected chi connectivity index (χ3v) is 4.81. The van der Waals surface area contributed by atoms with E-state index in [1.807, 2.05) is 24.3 Å². The normalized spacial score (nSPS) is 14.1. The molecule has 106 valence electrons. The summed E-state index contributed by atoms with van der Waals surface area (Å²) in [4.78, 5) is 4.50. The molecule has 0 saturated carbocycles. The van der Waals surface area contributed by atoms with Gasteiger partial charge in [0.2, 0.25) is 0 Å². The third-order valence-electron chi connectivity index (χ3n) is 3.92. The first-order chi connectivity index (χ1) is 10.3. The number of thiazole rings is 1. The van der Waals surface area contributed by atoms with Crippen molar-refractivity contribution in [1.29, 1.82) is 0 Å². The Morgan fingerprint density at radius 1 is 1.00 bits per heavy atom. The summed E-state index contributed by atoms with van der Waals surface area (Å²) in [6, 6.07) is 12.1. The number of nitrogens with zero attached hydrogens (tertiary/aromatic N) is 1. The summed E-state index contributed by atoms with van der Waals surface area (Å²) in [6.45, 7) is 0. The number of nitrogens with two attached hydrogens (primary N) is 1. The zero-order valence-corrected chi connectivity index (χ0v) is 12.5. The average molecular weight is 296 g/mol. The Balaban J connectivity index is 1.64. The van der Waals surface area contributed by atoms with Gasteiger partial charge in [0.05, 0.1) is 10.2 Å². The number of aromatic nitrogens is 1. The van der Waals surface area contributed by atoms with Gasteiger partial charge in [-0.05, 0) is 67.1 Å². The number of hydrogen-bond donors (Lipinski definition) is 1. The molecule has 0 atom stereocenters. The zero-order chi connectivity index (χ0) is 14.2. The van der Waals surface area contributed by atoms with Crippen LogP contribution in [0.3, 0.4) is 0 Å². The lowest BCUT2D eigenvalue weighted by Gasteiger charge is -2.16. The van der Waals surface area contributed by atoms with Crippen LogP contribution in [0.5, 0.6) is 10.9 Å². The third kappa shape index (κ3) is 2.47. The number of ether oxygens (including phenoxy) is 1. The lowest BCUT2D eigenvalue weighted by molar-refractivity contribution is 0.478. The second kappa shape index (κ2) is 5.04. The first-order valence-corrected chi connectivity index (χ1v) is 8.05. The molecule has 0 unspecified atom stereocenters. The molecule has 0 bridgehead atoms. The number of hydrogen-bond acceptors (Lipinski definition) is 4. The topological polar surface area (TPSA) is 48.1 Å². The van der Waals surface area contributed by atoms with Crippen LogP contribution in [0.4, 0.5) is 5.69 Å². The van der Waals surface area contributed by atoms with E-state index in [2.05, 4.69) is 17.1 Å². The van der Waals surface area contributed by atoms with Gasteiger partial charge < -0.3 is 10.5 Å². The van der Waals surface area contributed by atoms with E-state index in [1.54, 1.807) is 0 Å². The van der Waals surface area contributed by atoms with Crippen LogP contribution < -0.4 is 10.5 Å². The van der Waals surface area contributed by atoms with Gasteiger partial charge in [-0.15, -0.1) is 0 Å². The molecule has 0 spiro atoms. The number of anilines is 1. The molecular weight excluding hydrogens is 280 g/mol. The van der Waals surface area contributed by atoms with E-state index in [0.717, 1.165) is 28.1 Å². The predicted molar refractivity (Wildman–Crippen MR) is 87.2 cm³/mol. The minimum absolute atomic E-state index is 0.673. The molecule has 0 fully saturated rings. The largest absolute Gasteiger partial charge is 0.431 e. The molecule has 0 saturated heterocycles. The molecule has 2 N–H and O–H groups in total. The van der Waals surface area contributed by atoms with Gasteiger partial charge in [-0.2, -0.15) is 0 Å². The van der Waals surface area contributed by atoms with Crippen molar-refractivity contribution in [2.75, 3.05) is 5.73 Å². The molecule has 4 rings (SSSR count). The van der Waals surface area contributed by atoms with Crippen molar-refractivity contribution >= 4 is 27.2 Å². The van der Waals surface area contributed by atoms with Crippen molar-refractivity contribution in [2.45, 2.75) is 25.7 Å². The summed E-state index contributed by atoms with van der Waals surface area (Å²) in [5.41, 5.74) is 10.4. The first kappa shape index (κ1) is 12.7. The number of aryl methyl sites for hydroxylation is 2. The molecule has 21 heavy (non-hydrogen) atoms. The highest BCUT2D eigenvalue weighted by molar-refractivity contribution is 7.20. The van der Waals surface area contributed by atoms with Gasteiger partial charge in [-0.3, -0.25) is 0 Å². The van der Waals surface area contributed by atoms with Gasteiger partial charge in [0.15, 0.2) is 0 Å². The Bertz CT molecular complexity index is 810. The van der Waals surface area contributed by atoms with E-state index in [-0.39, 0.29) is 0 Å². The van der Waals surface area contributed by atoms with Crippen LogP contribution in [0.25, 0.3) is 10.2 Å². The van der Waals surface area contributed by atoms with Crippen molar-refractivity contribution in [1.82, 2.24) is 4.98 Å². The molecule has 1 aliphatic rings. The Labute approximate surface area is 127 Å². The van der Waals surface area contributed by atoms with Crippen molar-refractivity contribution in [3.8, 4) is 10.9 Å². The minimum atomic E-state index is 0.673. The molecule has 1 aromatic heterocycles. The van der Waals surface area contributed by atoms with E-state index in [9.17, 15) is 0 Å². The van der Waals surface area contributed by atoms with E-state index < -0.39 is 0 Å². The molecule has 2 aromatic carbocycles. The number of fused-ring (bicyclic) bond motifs is 2. The van der Waals surface area contributed by atoms with E-state index >= 15 is 0 Å². The molecular formula is C17H16N2OS. The Morgan fingerprint density at radius 3 is 2.76 bits per heavy atom. The monoisotopic (exact) mass is 296 g/mol. The highest BCUT2D eigenvalue weighted by atomic mass is 32.1. The fraction of sp³-hybridized carbons (Fsp3) is 0.235. The molecule has 1 aliphatic carbocycles. The van der Waals surface area contributed by atoms with Crippen LogP contribution >= 0.6 is 11.3 Å². The maximum Gasteiger partial charge on any atom is 0.279 e. The zero-order valence-electron chi connectivity index (χ0n) is 11.6. The van der Waals surface area contributed by atoms with Gasteiger partial charge in [-0.1, -0.05) is 17.4 Å². The number of rotatable bonds is 2. The number of nitrogen functional groups attached to an aromatic ring is 1. The lowest BCUT2D eigenvalue weighted by atomic mass is 9.92. The minimum Gasteiger partial charge on any atom is -0.431 e. The average Bonchev–Trinajstić information content (AvgIpc) is 2.88.